The van der Waals surface area contributed by atoms with Crippen molar-refractivity contribution in [3.8, 4) is 0 Å². The van der Waals surface area contributed by atoms with Gasteiger partial charge >= 0.3 is 0 Å². The van der Waals surface area contributed by atoms with Crippen molar-refractivity contribution >= 4 is 5.91 Å². The van der Waals surface area contributed by atoms with Crippen LogP contribution in [0.4, 0.5) is 0 Å². The third-order valence-electron chi connectivity index (χ3n) is 3.40. The van der Waals surface area contributed by atoms with E-state index < -0.39 is 0 Å². The first kappa shape index (κ1) is 12.8. The third-order valence-corrected chi connectivity index (χ3v) is 3.40. The Morgan fingerprint density at radius 2 is 2.24 bits per heavy atom. The lowest BCUT2D eigenvalue weighted by Crippen LogP contribution is -2.48. The minimum atomic E-state index is -0.221. The normalized spacial score (nSPS) is 30.5. The summed E-state index contributed by atoms with van der Waals surface area (Å²) < 4.78 is 11.1. The Morgan fingerprint density at radius 1 is 1.41 bits per heavy atom. The zero-order valence-corrected chi connectivity index (χ0v) is 10.7. The second kappa shape index (κ2) is 5.80. The van der Waals surface area contributed by atoms with Crippen LogP contribution in [0.3, 0.4) is 0 Å². The van der Waals surface area contributed by atoms with Gasteiger partial charge in [-0.2, -0.15) is 0 Å². The maximum Gasteiger partial charge on any atom is 0.251 e. The molecule has 2 unspecified atom stereocenters. The van der Waals surface area contributed by atoms with E-state index in [0.29, 0.717) is 13.2 Å². The van der Waals surface area contributed by atoms with Crippen LogP contribution >= 0.6 is 0 Å². The first-order valence-corrected chi connectivity index (χ1v) is 6.33. The monoisotopic (exact) mass is 242 g/mol. The van der Waals surface area contributed by atoms with Crippen LogP contribution in [0.25, 0.3) is 0 Å². The molecule has 1 amide bonds. The molecular formula is C12H22N2O3. The lowest BCUT2D eigenvalue weighted by Gasteiger charge is -2.33. The van der Waals surface area contributed by atoms with Crippen molar-refractivity contribution in [3.63, 3.8) is 0 Å². The maximum absolute atomic E-state index is 12.0. The maximum atomic E-state index is 12.0. The fourth-order valence-electron chi connectivity index (χ4n) is 2.39. The SMILES string of the molecule is CN1CCOC(CN(C)C(=O)C2CCCO2)C1. The van der Waals surface area contributed by atoms with Crippen molar-refractivity contribution in [3.05, 3.63) is 0 Å². The number of amides is 1. The van der Waals surface area contributed by atoms with Crippen molar-refractivity contribution in [2.24, 2.45) is 0 Å². The van der Waals surface area contributed by atoms with E-state index in [1.807, 2.05) is 7.05 Å². The lowest BCUT2D eigenvalue weighted by atomic mass is 10.2. The quantitative estimate of drug-likeness (QED) is 0.696. The molecule has 98 valence electrons. The molecule has 5 heteroatoms. The van der Waals surface area contributed by atoms with Crippen LogP contribution < -0.4 is 0 Å². The van der Waals surface area contributed by atoms with E-state index in [2.05, 4.69) is 11.9 Å². The van der Waals surface area contributed by atoms with Gasteiger partial charge in [0.25, 0.3) is 5.91 Å². The molecule has 0 bridgehead atoms. The Balaban J connectivity index is 1.79. The van der Waals surface area contributed by atoms with Crippen LogP contribution in [0.2, 0.25) is 0 Å². The minimum absolute atomic E-state index is 0.0966. The van der Waals surface area contributed by atoms with Gasteiger partial charge in [0.1, 0.15) is 6.10 Å². The number of rotatable bonds is 3. The second-order valence-corrected chi connectivity index (χ2v) is 4.98. The molecule has 0 N–H and O–H groups in total. The van der Waals surface area contributed by atoms with Gasteiger partial charge in [0.05, 0.1) is 12.7 Å². The van der Waals surface area contributed by atoms with E-state index in [4.69, 9.17) is 9.47 Å². The molecule has 0 radical (unpaired) electrons. The van der Waals surface area contributed by atoms with Gasteiger partial charge in [-0.3, -0.25) is 4.79 Å². The Labute approximate surface area is 103 Å². The molecule has 0 spiro atoms. The molecule has 2 aliphatic rings. The molecule has 0 aromatic heterocycles. The van der Waals surface area contributed by atoms with Crippen LogP contribution in [0.5, 0.6) is 0 Å². The van der Waals surface area contributed by atoms with E-state index in [9.17, 15) is 4.79 Å². The van der Waals surface area contributed by atoms with E-state index in [1.165, 1.54) is 0 Å². The molecule has 0 saturated carbocycles. The second-order valence-electron chi connectivity index (χ2n) is 4.98. The molecule has 0 aliphatic carbocycles. The summed E-state index contributed by atoms with van der Waals surface area (Å²) in [6, 6.07) is 0. The van der Waals surface area contributed by atoms with Crippen LogP contribution in [0, 0.1) is 0 Å². The highest BCUT2D eigenvalue weighted by Gasteiger charge is 2.28. The summed E-state index contributed by atoms with van der Waals surface area (Å²) in [5.74, 6) is 0.0966. The average Bonchev–Trinajstić information content (AvgIpc) is 2.81. The highest BCUT2D eigenvalue weighted by atomic mass is 16.5. The van der Waals surface area contributed by atoms with E-state index in [0.717, 1.165) is 32.5 Å². The summed E-state index contributed by atoms with van der Waals surface area (Å²) in [7, 11) is 3.92. The zero-order valence-electron chi connectivity index (χ0n) is 10.7. The van der Waals surface area contributed by atoms with Crippen molar-refractivity contribution < 1.29 is 14.3 Å². The zero-order chi connectivity index (χ0) is 12.3. The Hall–Kier alpha value is -0.650. The average molecular weight is 242 g/mol. The number of carbonyl (C=O) groups is 1. The summed E-state index contributed by atoms with van der Waals surface area (Å²) in [4.78, 5) is 16.0. The molecule has 2 atom stereocenters. The molecule has 0 aromatic rings. The number of hydrogen-bond acceptors (Lipinski definition) is 4. The Morgan fingerprint density at radius 3 is 2.88 bits per heavy atom. The van der Waals surface area contributed by atoms with E-state index >= 15 is 0 Å². The number of likely N-dealkylation sites (N-methyl/N-ethyl adjacent to an activating group) is 2. The molecule has 2 saturated heterocycles. The minimum Gasteiger partial charge on any atom is -0.374 e. The summed E-state index contributed by atoms with van der Waals surface area (Å²) in [6.45, 7) is 3.99. The predicted molar refractivity (Wildman–Crippen MR) is 63.8 cm³/mol. The molecule has 2 rings (SSSR count). The van der Waals surface area contributed by atoms with E-state index in [1.54, 1.807) is 4.90 Å². The van der Waals surface area contributed by atoms with Crippen LogP contribution in [0.1, 0.15) is 12.8 Å². The third kappa shape index (κ3) is 3.40. The van der Waals surface area contributed by atoms with Gasteiger partial charge in [-0.1, -0.05) is 0 Å². The lowest BCUT2D eigenvalue weighted by molar-refractivity contribution is -0.142. The van der Waals surface area contributed by atoms with Gasteiger partial charge in [0.15, 0.2) is 0 Å². The Bertz CT molecular complexity index is 266. The Kier molecular flexibility index (Phi) is 4.36. The van der Waals surface area contributed by atoms with Crippen LogP contribution in [-0.2, 0) is 14.3 Å². The van der Waals surface area contributed by atoms with Gasteiger partial charge in [-0.15, -0.1) is 0 Å². The molecule has 2 aliphatic heterocycles. The predicted octanol–water partition coefficient (Wildman–Crippen LogP) is -0.0456. The molecular weight excluding hydrogens is 220 g/mol. The number of hydrogen-bond donors (Lipinski definition) is 0. The summed E-state index contributed by atoms with van der Waals surface area (Å²) in [5.41, 5.74) is 0. The molecule has 0 aromatic carbocycles. The standard InChI is InChI=1S/C12H22N2O3/c1-13-5-7-16-10(8-13)9-14(2)12(15)11-4-3-6-17-11/h10-11H,3-9H2,1-2H3. The molecule has 17 heavy (non-hydrogen) atoms. The van der Waals surface area contributed by atoms with Crippen molar-refractivity contribution in [2.45, 2.75) is 25.0 Å². The fraction of sp³-hybridized carbons (Fsp3) is 0.917. The highest BCUT2D eigenvalue weighted by Crippen LogP contribution is 2.15. The van der Waals surface area contributed by atoms with Crippen molar-refractivity contribution in [1.82, 2.24) is 9.80 Å². The number of carbonyl (C=O) groups excluding carboxylic acids is 1. The molecule has 2 heterocycles. The number of ether oxygens (including phenoxy) is 2. The first-order valence-electron chi connectivity index (χ1n) is 6.33. The summed E-state index contributed by atoms with van der Waals surface area (Å²) in [6.07, 6.45) is 1.76. The highest BCUT2D eigenvalue weighted by molar-refractivity contribution is 5.80. The van der Waals surface area contributed by atoms with Crippen molar-refractivity contribution in [1.29, 1.82) is 0 Å². The van der Waals surface area contributed by atoms with Gasteiger partial charge in [0, 0.05) is 33.3 Å². The van der Waals surface area contributed by atoms with Crippen molar-refractivity contribution in [2.75, 3.05) is 46.9 Å². The number of nitrogens with zero attached hydrogens (tertiary/aromatic N) is 2. The van der Waals surface area contributed by atoms with Crippen LogP contribution in [-0.4, -0.2) is 74.9 Å². The molecule has 2 fully saturated rings. The summed E-state index contributed by atoms with van der Waals surface area (Å²) >= 11 is 0. The number of morpholine rings is 1. The molecule has 5 nitrogen and oxygen atoms in total. The summed E-state index contributed by atoms with van der Waals surface area (Å²) in [5, 5.41) is 0. The largest absolute Gasteiger partial charge is 0.374 e. The van der Waals surface area contributed by atoms with Gasteiger partial charge < -0.3 is 19.3 Å². The van der Waals surface area contributed by atoms with Gasteiger partial charge in [-0.25, -0.2) is 0 Å². The van der Waals surface area contributed by atoms with E-state index in [-0.39, 0.29) is 18.1 Å². The smallest absolute Gasteiger partial charge is 0.251 e. The van der Waals surface area contributed by atoms with Gasteiger partial charge in [-0.05, 0) is 19.9 Å². The topological polar surface area (TPSA) is 42.0 Å². The first-order chi connectivity index (χ1) is 8.16. The van der Waals surface area contributed by atoms with Gasteiger partial charge in [0.2, 0.25) is 0 Å². The van der Waals surface area contributed by atoms with Crippen LogP contribution in [0.15, 0.2) is 0 Å². The fourth-order valence-corrected chi connectivity index (χ4v) is 2.39.